The summed E-state index contributed by atoms with van der Waals surface area (Å²) in [5, 5.41) is 2.54. The van der Waals surface area contributed by atoms with E-state index in [1.807, 2.05) is 0 Å². The van der Waals surface area contributed by atoms with Crippen molar-refractivity contribution in [2.45, 2.75) is 25.5 Å². The largest absolute Gasteiger partial charge is 0.436 e. The topological polar surface area (TPSA) is 130 Å². The van der Waals surface area contributed by atoms with Gasteiger partial charge in [-0.1, -0.05) is 6.08 Å². The van der Waals surface area contributed by atoms with Crippen molar-refractivity contribution in [1.29, 1.82) is 0 Å². The van der Waals surface area contributed by atoms with Crippen molar-refractivity contribution >= 4 is 34.6 Å². The summed E-state index contributed by atoms with van der Waals surface area (Å²) in [7, 11) is 6.19. The Balaban J connectivity index is 1.74. The molecule has 0 bridgehead atoms. The smallest absolute Gasteiger partial charge is 0.410 e. The number of carbonyl (C=O) groups excluding carboxylic acids is 3. The lowest BCUT2D eigenvalue weighted by atomic mass is 10.1. The highest BCUT2D eigenvalue weighted by molar-refractivity contribution is 5.95. The lowest BCUT2D eigenvalue weighted by Gasteiger charge is -2.19. The number of fused-ring (bicyclic) bond motifs is 1. The number of rotatable bonds is 9. The van der Waals surface area contributed by atoms with Crippen molar-refractivity contribution in [3.63, 3.8) is 0 Å². The van der Waals surface area contributed by atoms with Crippen LogP contribution in [0.25, 0.3) is 11.0 Å². The zero-order chi connectivity index (χ0) is 27.1. The van der Waals surface area contributed by atoms with Gasteiger partial charge in [0.15, 0.2) is 6.10 Å². The fourth-order valence-electron chi connectivity index (χ4n) is 3.29. The van der Waals surface area contributed by atoms with E-state index in [0.717, 1.165) is 0 Å². The van der Waals surface area contributed by atoms with Crippen molar-refractivity contribution in [3.8, 4) is 0 Å². The van der Waals surface area contributed by atoms with E-state index in [2.05, 4.69) is 15.3 Å². The second-order valence-corrected chi connectivity index (χ2v) is 8.67. The van der Waals surface area contributed by atoms with Crippen LogP contribution >= 0.6 is 0 Å². The van der Waals surface area contributed by atoms with E-state index in [1.165, 1.54) is 58.9 Å². The predicted molar refractivity (Wildman–Crippen MR) is 136 cm³/mol. The zero-order valence-electron chi connectivity index (χ0n) is 21.0. The van der Waals surface area contributed by atoms with Gasteiger partial charge in [-0.2, -0.15) is 0 Å². The van der Waals surface area contributed by atoms with E-state index in [-0.39, 0.29) is 31.0 Å². The van der Waals surface area contributed by atoms with Gasteiger partial charge in [0, 0.05) is 40.5 Å². The summed E-state index contributed by atoms with van der Waals surface area (Å²) >= 11 is 0. The second kappa shape index (κ2) is 12.0. The molecule has 3 amide bonds. The van der Waals surface area contributed by atoms with Gasteiger partial charge in [-0.25, -0.2) is 14.2 Å². The molecule has 1 unspecified atom stereocenters. The van der Waals surface area contributed by atoms with Gasteiger partial charge in [-0.3, -0.25) is 14.4 Å². The quantitative estimate of drug-likeness (QED) is 0.424. The predicted octanol–water partition coefficient (Wildman–Crippen LogP) is 2.34. The van der Waals surface area contributed by atoms with E-state index in [0.29, 0.717) is 16.9 Å². The maximum Gasteiger partial charge on any atom is 0.410 e. The van der Waals surface area contributed by atoms with Crippen LogP contribution in [0.4, 0.5) is 14.9 Å². The number of nitrogens with zero attached hydrogens (tertiary/aromatic N) is 4. The third-order valence-electron chi connectivity index (χ3n) is 5.29. The molecule has 2 heterocycles. The minimum Gasteiger partial charge on any atom is -0.436 e. The average Bonchev–Trinajstić information content (AvgIpc) is 3.24. The molecule has 0 aliphatic carbocycles. The third kappa shape index (κ3) is 7.26. The number of allylic oxidation sites excluding steroid dienone is 1. The standard InChI is InChI=1S/C25H29FN6O5/c1-30(2)22(33)10-6-5-9-20(37-25(36)31(3)4)23(34)29-18-8-7-13-32(24(18)35)15-21-27-17-12-11-16(26)14-19(17)28-21/h6-8,10-14,20H,5,9,15H2,1-4H3,(H,27,28)(H,29,34)/b10-6+. The van der Waals surface area contributed by atoms with Crippen molar-refractivity contribution in [3.05, 3.63) is 70.7 Å². The van der Waals surface area contributed by atoms with E-state index < -0.39 is 29.5 Å². The average molecular weight is 513 g/mol. The number of hydrogen-bond acceptors (Lipinski definition) is 6. The minimum atomic E-state index is -1.20. The molecule has 196 valence electrons. The molecule has 0 radical (unpaired) electrons. The molecule has 3 aromatic rings. The molecule has 3 rings (SSSR count). The van der Waals surface area contributed by atoms with Crippen LogP contribution in [-0.2, 0) is 20.9 Å². The van der Waals surface area contributed by atoms with Crippen molar-refractivity contribution < 1.29 is 23.5 Å². The van der Waals surface area contributed by atoms with Crippen LogP contribution in [0, 0.1) is 5.82 Å². The first-order valence-electron chi connectivity index (χ1n) is 11.5. The Labute approximate surface area is 212 Å². The molecule has 0 spiro atoms. The Kier molecular flexibility index (Phi) is 8.77. The Morgan fingerprint density at radius 1 is 1.19 bits per heavy atom. The number of benzene rings is 1. The maximum absolute atomic E-state index is 13.5. The lowest BCUT2D eigenvalue weighted by Crippen LogP contribution is -2.37. The highest BCUT2D eigenvalue weighted by Gasteiger charge is 2.24. The van der Waals surface area contributed by atoms with Crippen LogP contribution in [0.2, 0.25) is 0 Å². The molecule has 1 aromatic carbocycles. The van der Waals surface area contributed by atoms with Gasteiger partial charge < -0.3 is 29.4 Å². The molecule has 1 atom stereocenters. The summed E-state index contributed by atoms with van der Waals surface area (Å²) in [6, 6.07) is 7.17. The van der Waals surface area contributed by atoms with E-state index >= 15 is 0 Å². The van der Waals surface area contributed by atoms with Gasteiger partial charge in [-0.05, 0) is 43.2 Å². The van der Waals surface area contributed by atoms with Gasteiger partial charge in [-0.15, -0.1) is 0 Å². The third-order valence-corrected chi connectivity index (χ3v) is 5.29. The number of nitrogens with one attached hydrogen (secondary N) is 2. The fourth-order valence-corrected chi connectivity index (χ4v) is 3.29. The van der Waals surface area contributed by atoms with E-state index in [1.54, 1.807) is 32.3 Å². The van der Waals surface area contributed by atoms with Gasteiger partial charge in [0.25, 0.3) is 11.5 Å². The summed E-state index contributed by atoms with van der Waals surface area (Å²) in [6.45, 7) is 0.0581. The second-order valence-electron chi connectivity index (χ2n) is 8.67. The molecule has 0 aliphatic heterocycles. The van der Waals surface area contributed by atoms with E-state index in [4.69, 9.17) is 4.74 Å². The number of ether oxygens (including phenoxy) is 1. The lowest BCUT2D eigenvalue weighted by molar-refractivity contribution is -0.125. The fraction of sp³-hybridized carbons (Fsp3) is 0.320. The number of anilines is 1. The number of pyridine rings is 1. The van der Waals surface area contributed by atoms with E-state index in [9.17, 15) is 23.6 Å². The molecular formula is C25H29FN6O5. The van der Waals surface area contributed by atoms with Crippen LogP contribution in [0.3, 0.4) is 0 Å². The molecule has 2 aromatic heterocycles. The number of halogens is 1. The zero-order valence-corrected chi connectivity index (χ0v) is 21.0. The minimum absolute atomic E-state index is 0.0149. The Hall–Kier alpha value is -4.48. The Bertz CT molecular complexity index is 1380. The first kappa shape index (κ1) is 27.1. The summed E-state index contributed by atoms with van der Waals surface area (Å²) < 4.78 is 20.1. The molecule has 0 aliphatic rings. The normalized spacial score (nSPS) is 11.9. The maximum atomic E-state index is 13.5. The molecule has 37 heavy (non-hydrogen) atoms. The molecular weight excluding hydrogens is 483 g/mol. The van der Waals surface area contributed by atoms with Crippen LogP contribution in [-0.4, -0.2) is 76.5 Å². The Morgan fingerprint density at radius 3 is 2.65 bits per heavy atom. The van der Waals surface area contributed by atoms with Crippen LogP contribution in [0.15, 0.2) is 53.5 Å². The molecule has 12 heteroatoms. The summed E-state index contributed by atoms with van der Waals surface area (Å²) in [6.07, 6.45) is 2.93. The number of H-pyrrole nitrogens is 1. The first-order chi connectivity index (χ1) is 17.5. The molecule has 2 N–H and O–H groups in total. The van der Waals surface area contributed by atoms with Crippen molar-refractivity contribution in [2.24, 2.45) is 0 Å². The van der Waals surface area contributed by atoms with Gasteiger partial charge in [0.2, 0.25) is 5.91 Å². The number of aromatic nitrogens is 3. The number of likely N-dealkylation sites (N-methyl/N-ethyl adjacent to an activating group) is 1. The summed E-state index contributed by atoms with van der Waals surface area (Å²) in [5.74, 6) is -0.887. The van der Waals surface area contributed by atoms with Crippen LogP contribution < -0.4 is 10.9 Å². The van der Waals surface area contributed by atoms with Gasteiger partial charge in [0.05, 0.1) is 17.6 Å². The molecule has 0 saturated heterocycles. The van der Waals surface area contributed by atoms with Crippen LogP contribution in [0.5, 0.6) is 0 Å². The van der Waals surface area contributed by atoms with Crippen molar-refractivity contribution in [2.75, 3.05) is 33.5 Å². The number of hydrogen-bond donors (Lipinski definition) is 2. The number of carbonyl (C=O) groups is 3. The SMILES string of the molecule is CN(C)C(=O)/C=C/CCC(OC(=O)N(C)C)C(=O)Nc1cccn(Cc2nc3cc(F)ccc3[nH]2)c1=O. The van der Waals surface area contributed by atoms with Crippen molar-refractivity contribution in [1.82, 2.24) is 24.3 Å². The first-order valence-corrected chi connectivity index (χ1v) is 11.5. The highest BCUT2D eigenvalue weighted by Crippen LogP contribution is 2.14. The number of amides is 3. The van der Waals surface area contributed by atoms with Crippen LogP contribution in [0.1, 0.15) is 18.7 Å². The molecule has 0 saturated carbocycles. The monoisotopic (exact) mass is 512 g/mol. The summed E-state index contributed by atoms with van der Waals surface area (Å²) in [4.78, 5) is 59.7. The summed E-state index contributed by atoms with van der Waals surface area (Å²) in [5.41, 5.74) is 0.538. The molecule has 0 fully saturated rings. The number of aromatic amines is 1. The molecule has 11 nitrogen and oxygen atoms in total. The number of imidazole rings is 1. The Morgan fingerprint density at radius 2 is 1.95 bits per heavy atom. The highest BCUT2D eigenvalue weighted by atomic mass is 19.1. The van der Waals surface area contributed by atoms with Gasteiger partial charge >= 0.3 is 6.09 Å². The van der Waals surface area contributed by atoms with Gasteiger partial charge in [0.1, 0.15) is 17.3 Å².